The summed E-state index contributed by atoms with van der Waals surface area (Å²) >= 11 is 6.17. The lowest BCUT2D eigenvalue weighted by Crippen LogP contribution is -2.38. The van der Waals surface area contributed by atoms with Crippen molar-refractivity contribution < 1.29 is 8.85 Å². The summed E-state index contributed by atoms with van der Waals surface area (Å²) in [6, 6.07) is 7.63. The number of hydrogen-bond acceptors (Lipinski definition) is 2. The fourth-order valence-electron chi connectivity index (χ4n) is 3.44. The Kier molecular flexibility index (Phi) is 14.9. The van der Waals surface area contributed by atoms with Crippen LogP contribution in [-0.4, -0.2) is 15.2 Å². The minimum Gasteiger partial charge on any atom is -0.519 e. The van der Waals surface area contributed by atoms with E-state index in [1.807, 2.05) is 24.3 Å². The lowest BCUT2D eigenvalue weighted by Gasteiger charge is -2.24. The molecular weight excluding hydrogens is 384 g/mol. The van der Waals surface area contributed by atoms with E-state index in [0.29, 0.717) is 5.02 Å². The Bertz CT molecular complexity index is 493. The fourth-order valence-corrected chi connectivity index (χ4v) is 5.08. The summed E-state index contributed by atoms with van der Waals surface area (Å²) in [6.07, 6.45) is 19.3. The maximum Gasteiger partial charge on any atom is 0.392 e. The third kappa shape index (κ3) is 13.6. The standard InChI is InChI=1S/C24H43ClO2Si/c1-4-5-6-7-8-9-10-11-12-13-14-15-16-19-22-26-28(2,3)27-24-21-18-17-20-23(24)25/h17-18,20-21H,4-16,19,22H2,1-3H3. The molecule has 0 amide bonds. The summed E-state index contributed by atoms with van der Waals surface area (Å²) in [6.45, 7) is 7.24. The minimum absolute atomic E-state index is 0.656. The van der Waals surface area contributed by atoms with Crippen LogP contribution in [0.3, 0.4) is 0 Å². The normalized spacial score (nSPS) is 11.7. The smallest absolute Gasteiger partial charge is 0.392 e. The van der Waals surface area contributed by atoms with Crippen LogP contribution in [0.25, 0.3) is 0 Å². The van der Waals surface area contributed by atoms with Crippen LogP contribution in [0.4, 0.5) is 0 Å². The zero-order valence-electron chi connectivity index (χ0n) is 18.6. The Morgan fingerprint density at radius 2 is 1.18 bits per heavy atom. The van der Waals surface area contributed by atoms with Gasteiger partial charge in [-0.3, -0.25) is 0 Å². The zero-order valence-corrected chi connectivity index (χ0v) is 20.4. The molecule has 1 aromatic rings. The van der Waals surface area contributed by atoms with E-state index in [9.17, 15) is 0 Å². The van der Waals surface area contributed by atoms with Crippen LogP contribution < -0.4 is 4.43 Å². The van der Waals surface area contributed by atoms with Crippen molar-refractivity contribution in [2.45, 2.75) is 110 Å². The van der Waals surface area contributed by atoms with Crippen molar-refractivity contribution in [3.05, 3.63) is 29.3 Å². The summed E-state index contributed by atoms with van der Waals surface area (Å²) in [5.41, 5.74) is 0. The first-order valence-electron chi connectivity index (χ1n) is 11.6. The molecule has 0 atom stereocenters. The molecule has 4 heteroatoms. The lowest BCUT2D eigenvalue weighted by atomic mass is 10.0. The first-order valence-corrected chi connectivity index (χ1v) is 14.8. The number of rotatable bonds is 18. The molecule has 1 aromatic carbocycles. The molecule has 1 rings (SSSR count). The number of para-hydroxylation sites is 1. The van der Waals surface area contributed by atoms with Crippen LogP contribution in [0.15, 0.2) is 24.3 Å². The van der Waals surface area contributed by atoms with Crippen molar-refractivity contribution >= 4 is 20.2 Å². The highest BCUT2D eigenvalue weighted by molar-refractivity contribution is 6.65. The van der Waals surface area contributed by atoms with Gasteiger partial charge in [-0.15, -0.1) is 0 Å². The molecule has 0 heterocycles. The molecule has 0 fully saturated rings. The van der Waals surface area contributed by atoms with Crippen LogP contribution in [0.5, 0.6) is 5.75 Å². The first kappa shape index (κ1) is 25.5. The van der Waals surface area contributed by atoms with Gasteiger partial charge in [0.05, 0.1) is 5.02 Å². The topological polar surface area (TPSA) is 18.5 Å². The Hall–Kier alpha value is -0.513. The van der Waals surface area contributed by atoms with Crippen LogP contribution in [0, 0.1) is 0 Å². The molecule has 0 spiro atoms. The van der Waals surface area contributed by atoms with Gasteiger partial charge in [0.1, 0.15) is 5.75 Å². The van der Waals surface area contributed by atoms with Gasteiger partial charge in [-0.25, -0.2) is 0 Å². The second kappa shape index (κ2) is 16.3. The van der Waals surface area contributed by atoms with E-state index in [4.69, 9.17) is 20.5 Å². The van der Waals surface area contributed by atoms with Gasteiger partial charge in [0.15, 0.2) is 0 Å². The molecule has 0 N–H and O–H groups in total. The van der Waals surface area contributed by atoms with E-state index in [1.165, 1.54) is 83.5 Å². The summed E-state index contributed by atoms with van der Waals surface area (Å²) < 4.78 is 12.1. The largest absolute Gasteiger partial charge is 0.519 e. The molecule has 0 aromatic heterocycles. The highest BCUT2D eigenvalue weighted by Crippen LogP contribution is 2.26. The van der Waals surface area contributed by atoms with Gasteiger partial charge in [0.25, 0.3) is 0 Å². The Morgan fingerprint density at radius 1 is 0.714 bits per heavy atom. The van der Waals surface area contributed by atoms with E-state index in [2.05, 4.69) is 20.0 Å². The molecular formula is C24H43ClO2Si. The summed E-state index contributed by atoms with van der Waals surface area (Å²) in [4.78, 5) is 0. The molecule has 162 valence electrons. The third-order valence-electron chi connectivity index (χ3n) is 5.14. The van der Waals surface area contributed by atoms with Crippen molar-refractivity contribution in [1.82, 2.24) is 0 Å². The fraction of sp³-hybridized carbons (Fsp3) is 0.750. The van der Waals surface area contributed by atoms with E-state index in [-0.39, 0.29) is 0 Å². The maximum atomic E-state index is 6.17. The molecule has 0 radical (unpaired) electrons. The average molecular weight is 427 g/mol. The van der Waals surface area contributed by atoms with Crippen LogP contribution in [0.1, 0.15) is 96.8 Å². The predicted octanol–water partition coefficient (Wildman–Crippen LogP) is 8.92. The molecule has 0 unspecified atom stereocenters. The second-order valence-corrected chi connectivity index (χ2v) is 12.1. The maximum absolute atomic E-state index is 6.17. The number of benzene rings is 1. The molecule has 0 aliphatic heterocycles. The van der Waals surface area contributed by atoms with Gasteiger partial charge in [0.2, 0.25) is 0 Å². The van der Waals surface area contributed by atoms with Crippen LogP contribution in [0.2, 0.25) is 18.1 Å². The van der Waals surface area contributed by atoms with E-state index in [0.717, 1.165) is 18.8 Å². The quantitative estimate of drug-likeness (QED) is 0.172. The Balaban J connectivity index is 1.90. The molecule has 28 heavy (non-hydrogen) atoms. The second-order valence-electron chi connectivity index (χ2n) is 8.38. The van der Waals surface area contributed by atoms with Crippen molar-refractivity contribution in [1.29, 1.82) is 0 Å². The van der Waals surface area contributed by atoms with Crippen molar-refractivity contribution in [3.63, 3.8) is 0 Å². The van der Waals surface area contributed by atoms with Crippen LogP contribution >= 0.6 is 11.6 Å². The molecule has 0 bridgehead atoms. The van der Waals surface area contributed by atoms with Gasteiger partial charge >= 0.3 is 8.56 Å². The molecule has 0 aliphatic rings. The first-order chi connectivity index (χ1) is 13.5. The summed E-state index contributed by atoms with van der Waals surface area (Å²) in [5, 5.41) is 0.656. The van der Waals surface area contributed by atoms with E-state index < -0.39 is 8.56 Å². The predicted molar refractivity (Wildman–Crippen MR) is 126 cm³/mol. The number of halogens is 1. The number of hydrogen-bond donors (Lipinski definition) is 0. The molecule has 0 saturated heterocycles. The van der Waals surface area contributed by atoms with Crippen molar-refractivity contribution in [3.8, 4) is 5.75 Å². The average Bonchev–Trinajstić information content (AvgIpc) is 2.66. The molecule has 0 saturated carbocycles. The van der Waals surface area contributed by atoms with E-state index in [1.54, 1.807) is 0 Å². The van der Waals surface area contributed by atoms with Gasteiger partial charge < -0.3 is 8.85 Å². The third-order valence-corrected chi connectivity index (χ3v) is 7.06. The summed E-state index contributed by atoms with van der Waals surface area (Å²) in [5.74, 6) is 0.738. The monoisotopic (exact) mass is 426 g/mol. The minimum atomic E-state index is -2.17. The van der Waals surface area contributed by atoms with Crippen molar-refractivity contribution in [2.24, 2.45) is 0 Å². The van der Waals surface area contributed by atoms with Gasteiger partial charge in [-0.1, -0.05) is 114 Å². The Morgan fingerprint density at radius 3 is 1.68 bits per heavy atom. The number of unbranched alkanes of at least 4 members (excludes halogenated alkanes) is 13. The zero-order chi connectivity index (χ0) is 20.5. The van der Waals surface area contributed by atoms with Gasteiger partial charge in [-0.05, 0) is 31.6 Å². The van der Waals surface area contributed by atoms with Crippen LogP contribution in [-0.2, 0) is 4.43 Å². The van der Waals surface area contributed by atoms with Gasteiger partial charge in [-0.2, -0.15) is 0 Å². The SMILES string of the molecule is CCCCCCCCCCCCCCCCO[Si](C)(C)Oc1ccccc1Cl. The summed E-state index contributed by atoms with van der Waals surface area (Å²) in [7, 11) is -2.17. The van der Waals surface area contributed by atoms with E-state index >= 15 is 0 Å². The highest BCUT2D eigenvalue weighted by Gasteiger charge is 2.27. The lowest BCUT2D eigenvalue weighted by molar-refractivity contribution is 0.241. The Labute approximate surface area is 180 Å². The van der Waals surface area contributed by atoms with Crippen molar-refractivity contribution in [2.75, 3.05) is 6.61 Å². The molecule has 2 nitrogen and oxygen atoms in total. The van der Waals surface area contributed by atoms with Gasteiger partial charge in [0, 0.05) is 6.61 Å². The highest BCUT2D eigenvalue weighted by atomic mass is 35.5. The molecule has 0 aliphatic carbocycles.